The van der Waals surface area contributed by atoms with Crippen LogP contribution in [0.3, 0.4) is 0 Å². The largest absolute Gasteiger partial charge is 0.422 e. The van der Waals surface area contributed by atoms with Crippen molar-refractivity contribution in [1.82, 2.24) is 0 Å². The van der Waals surface area contributed by atoms with Gasteiger partial charge in [-0.2, -0.15) is 0 Å². The first-order chi connectivity index (χ1) is 5.45. The quantitative estimate of drug-likeness (QED) is 0.601. The van der Waals surface area contributed by atoms with Crippen molar-refractivity contribution in [3.8, 4) is 0 Å². The maximum atomic E-state index is 5.39. The molecule has 11 heavy (non-hydrogen) atoms. The van der Waals surface area contributed by atoms with Crippen molar-refractivity contribution in [2.45, 2.75) is 6.04 Å². The molecular formula is C7H10O2Si2. The highest BCUT2D eigenvalue weighted by atomic mass is 28.4. The average Bonchev–Trinajstić information content (AvgIpc) is 1.99. The lowest BCUT2D eigenvalue weighted by Gasteiger charge is -2.25. The summed E-state index contributed by atoms with van der Waals surface area (Å²) in [5, 5.41) is 0. The summed E-state index contributed by atoms with van der Waals surface area (Å²) in [4.78, 5) is 0. The van der Waals surface area contributed by atoms with Gasteiger partial charge < -0.3 is 8.23 Å². The van der Waals surface area contributed by atoms with Gasteiger partial charge in [0.25, 0.3) is 10.0 Å². The molecule has 1 aliphatic rings. The molecule has 0 amide bonds. The van der Waals surface area contributed by atoms with E-state index < -0.39 is 19.3 Å². The van der Waals surface area contributed by atoms with E-state index in [4.69, 9.17) is 8.23 Å². The van der Waals surface area contributed by atoms with E-state index in [0.717, 1.165) is 6.04 Å². The Bertz CT molecular complexity index is 223. The lowest BCUT2D eigenvalue weighted by molar-refractivity contribution is 0.310. The molecule has 0 unspecified atom stereocenters. The Hall–Kier alpha value is -0.426. The van der Waals surface area contributed by atoms with Gasteiger partial charge in [0.2, 0.25) is 0 Å². The Kier molecular flexibility index (Phi) is 2.18. The van der Waals surface area contributed by atoms with Crippen LogP contribution in [-0.2, 0) is 14.3 Å². The van der Waals surface area contributed by atoms with Crippen LogP contribution in [0.1, 0.15) is 5.56 Å². The fourth-order valence-electron chi connectivity index (χ4n) is 1.09. The first kappa shape index (κ1) is 7.24. The summed E-state index contributed by atoms with van der Waals surface area (Å²) in [6.45, 7) is 0. The van der Waals surface area contributed by atoms with E-state index in [1.165, 1.54) is 5.56 Å². The van der Waals surface area contributed by atoms with Crippen LogP contribution in [0.25, 0.3) is 0 Å². The maximum Gasteiger partial charge on any atom is 0.307 e. The van der Waals surface area contributed by atoms with Crippen LogP contribution in [0.15, 0.2) is 30.3 Å². The van der Waals surface area contributed by atoms with Crippen LogP contribution >= 0.6 is 0 Å². The minimum atomic E-state index is -1.17. The monoisotopic (exact) mass is 182 g/mol. The molecule has 0 saturated carbocycles. The standard InChI is InChI=1S/C7H10O2Si2/c1-2-4-7(5-3-1)6-11-8-10-9-11/h1-5,11H,6,10H2. The Morgan fingerprint density at radius 3 is 2.45 bits per heavy atom. The van der Waals surface area contributed by atoms with Crippen LogP contribution in [0.5, 0.6) is 0 Å². The van der Waals surface area contributed by atoms with Crippen molar-refractivity contribution >= 4 is 19.3 Å². The molecule has 58 valence electrons. The fraction of sp³-hybridized carbons (Fsp3) is 0.143. The van der Waals surface area contributed by atoms with E-state index in [0.29, 0.717) is 0 Å². The normalized spacial score (nSPS) is 24.9. The Balaban J connectivity index is 1.95. The van der Waals surface area contributed by atoms with E-state index in [1.54, 1.807) is 0 Å². The molecule has 1 aromatic carbocycles. The van der Waals surface area contributed by atoms with E-state index in [-0.39, 0.29) is 0 Å². The number of rotatable bonds is 2. The Morgan fingerprint density at radius 1 is 1.18 bits per heavy atom. The molecule has 0 spiro atoms. The molecule has 0 N–H and O–H groups in total. The first-order valence-electron chi connectivity index (χ1n) is 3.72. The van der Waals surface area contributed by atoms with Gasteiger partial charge in [-0.15, -0.1) is 0 Å². The minimum Gasteiger partial charge on any atom is -0.422 e. The molecule has 1 fully saturated rings. The van der Waals surface area contributed by atoms with Crippen LogP contribution in [0.4, 0.5) is 0 Å². The first-order valence-corrected chi connectivity index (χ1v) is 6.64. The zero-order valence-electron chi connectivity index (χ0n) is 6.19. The highest BCUT2D eigenvalue weighted by Crippen LogP contribution is 2.08. The number of hydrogen-bond acceptors (Lipinski definition) is 2. The Morgan fingerprint density at radius 2 is 1.91 bits per heavy atom. The molecular weight excluding hydrogens is 172 g/mol. The van der Waals surface area contributed by atoms with Crippen LogP contribution < -0.4 is 0 Å². The predicted octanol–water partition coefficient (Wildman–Crippen LogP) is 0.0344. The van der Waals surface area contributed by atoms with Crippen molar-refractivity contribution in [3.05, 3.63) is 35.9 Å². The number of hydrogen-bond donors (Lipinski definition) is 0. The molecule has 0 aliphatic carbocycles. The lowest BCUT2D eigenvalue weighted by atomic mass is 10.2. The predicted molar refractivity (Wildman–Crippen MR) is 48.0 cm³/mol. The van der Waals surface area contributed by atoms with Gasteiger partial charge in [-0.05, 0) is 5.56 Å². The number of benzene rings is 1. The van der Waals surface area contributed by atoms with Gasteiger partial charge in [0.15, 0.2) is 0 Å². The summed E-state index contributed by atoms with van der Waals surface area (Å²) in [6, 6.07) is 11.4. The van der Waals surface area contributed by atoms with Crippen LogP contribution in [-0.4, -0.2) is 19.3 Å². The van der Waals surface area contributed by atoms with E-state index >= 15 is 0 Å². The highest BCUT2D eigenvalue weighted by molar-refractivity contribution is 6.63. The SMILES string of the molecule is c1ccc(C[SiH]2O[SiH2]O2)cc1. The zero-order valence-corrected chi connectivity index (χ0v) is 8.76. The van der Waals surface area contributed by atoms with Crippen molar-refractivity contribution in [2.24, 2.45) is 0 Å². The Labute approximate surface area is 70.1 Å². The van der Waals surface area contributed by atoms with Gasteiger partial charge in [0.05, 0.1) is 0 Å². The van der Waals surface area contributed by atoms with Gasteiger partial charge in [0, 0.05) is 6.04 Å². The van der Waals surface area contributed by atoms with E-state index in [1.807, 2.05) is 6.07 Å². The lowest BCUT2D eigenvalue weighted by Crippen LogP contribution is -2.40. The zero-order chi connectivity index (χ0) is 7.52. The maximum absolute atomic E-state index is 5.39. The van der Waals surface area contributed by atoms with E-state index in [9.17, 15) is 0 Å². The van der Waals surface area contributed by atoms with Crippen molar-refractivity contribution in [2.75, 3.05) is 0 Å². The van der Waals surface area contributed by atoms with Gasteiger partial charge in [-0.1, -0.05) is 30.3 Å². The second-order valence-corrected chi connectivity index (χ2v) is 6.74. The molecule has 1 aliphatic heterocycles. The molecule has 0 radical (unpaired) electrons. The van der Waals surface area contributed by atoms with Crippen LogP contribution in [0, 0.1) is 0 Å². The molecule has 4 heteroatoms. The molecule has 0 aromatic heterocycles. The van der Waals surface area contributed by atoms with Crippen molar-refractivity contribution in [3.63, 3.8) is 0 Å². The minimum absolute atomic E-state index is 0.497. The van der Waals surface area contributed by atoms with E-state index in [2.05, 4.69) is 24.3 Å². The van der Waals surface area contributed by atoms with Crippen molar-refractivity contribution < 1.29 is 8.23 Å². The van der Waals surface area contributed by atoms with Crippen LogP contribution in [0.2, 0.25) is 0 Å². The molecule has 0 bridgehead atoms. The second kappa shape index (κ2) is 3.31. The summed E-state index contributed by atoms with van der Waals surface area (Å²) < 4.78 is 10.8. The smallest absolute Gasteiger partial charge is 0.307 e. The summed E-state index contributed by atoms with van der Waals surface area (Å²) >= 11 is 0. The summed E-state index contributed by atoms with van der Waals surface area (Å²) in [5.41, 5.74) is 1.35. The molecule has 1 saturated heterocycles. The summed E-state index contributed by atoms with van der Waals surface area (Å²) in [5.74, 6) is 0. The highest BCUT2D eigenvalue weighted by Gasteiger charge is 2.21. The van der Waals surface area contributed by atoms with Crippen molar-refractivity contribution in [1.29, 1.82) is 0 Å². The third-order valence-corrected chi connectivity index (χ3v) is 6.62. The third kappa shape index (κ3) is 1.78. The second-order valence-electron chi connectivity index (χ2n) is 2.57. The fourth-order valence-corrected chi connectivity index (χ4v) is 4.00. The summed E-state index contributed by atoms with van der Waals surface area (Å²) in [7, 11) is -1.66. The molecule has 2 nitrogen and oxygen atoms in total. The summed E-state index contributed by atoms with van der Waals surface area (Å²) in [6.07, 6.45) is 0. The van der Waals surface area contributed by atoms with Gasteiger partial charge in [0.1, 0.15) is 0 Å². The van der Waals surface area contributed by atoms with Gasteiger partial charge >= 0.3 is 9.28 Å². The van der Waals surface area contributed by atoms with Gasteiger partial charge in [-0.3, -0.25) is 0 Å². The third-order valence-electron chi connectivity index (χ3n) is 1.75. The molecule has 2 rings (SSSR count). The average molecular weight is 182 g/mol. The molecule has 1 heterocycles. The topological polar surface area (TPSA) is 18.5 Å². The molecule has 1 aromatic rings. The molecule has 0 atom stereocenters. The van der Waals surface area contributed by atoms with Gasteiger partial charge in [-0.25, -0.2) is 0 Å².